The van der Waals surface area contributed by atoms with E-state index in [1.807, 2.05) is 52.0 Å². The molecule has 0 aromatic heterocycles. The molecule has 0 bridgehead atoms. The van der Waals surface area contributed by atoms with E-state index in [9.17, 15) is 4.79 Å². The minimum atomic E-state index is -0.539. The molecule has 0 heterocycles. The SMILES string of the molecule is CCOCc1cccc(NC(=O)[C@@H](N)C(C)(C)C)c1.Cl. The Morgan fingerprint density at radius 2 is 2.05 bits per heavy atom. The second-order valence-electron chi connectivity index (χ2n) is 5.67. The summed E-state index contributed by atoms with van der Waals surface area (Å²) in [7, 11) is 0. The lowest BCUT2D eigenvalue weighted by molar-refractivity contribution is -0.119. The highest BCUT2D eigenvalue weighted by molar-refractivity contribution is 5.95. The van der Waals surface area contributed by atoms with Crippen molar-refractivity contribution >= 4 is 24.0 Å². The number of ether oxygens (including phenoxy) is 1. The Hall–Kier alpha value is -1.10. The lowest BCUT2D eigenvalue weighted by Crippen LogP contribution is -2.45. The second-order valence-corrected chi connectivity index (χ2v) is 5.67. The van der Waals surface area contributed by atoms with Gasteiger partial charge in [-0.15, -0.1) is 12.4 Å². The zero-order valence-corrected chi connectivity index (χ0v) is 13.4. The summed E-state index contributed by atoms with van der Waals surface area (Å²) in [5, 5.41) is 2.85. The second kappa shape index (κ2) is 8.25. The van der Waals surface area contributed by atoms with Crippen LogP contribution < -0.4 is 11.1 Å². The van der Waals surface area contributed by atoms with Crippen LogP contribution in [0.2, 0.25) is 0 Å². The molecular formula is C15H25ClN2O2. The molecule has 0 saturated carbocycles. The fourth-order valence-electron chi connectivity index (χ4n) is 1.57. The van der Waals surface area contributed by atoms with E-state index in [0.29, 0.717) is 13.2 Å². The van der Waals surface area contributed by atoms with Crippen LogP contribution in [0.3, 0.4) is 0 Å². The third-order valence-electron chi connectivity index (χ3n) is 2.88. The summed E-state index contributed by atoms with van der Waals surface area (Å²) in [4.78, 5) is 12.0. The highest BCUT2D eigenvalue weighted by atomic mass is 35.5. The maximum atomic E-state index is 12.0. The van der Waals surface area contributed by atoms with E-state index in [-0.39, 0.29) is 23.7 Å². The Morgan fingerprint density at radius 3 is 2.60 bits per heavy atom. The van der Waals surface area contributed by atoms with Crippen molar-refractivity contribution in [3.63, 3.8) is 0 Å². The van der Waals surface area contributed by atoms with E-state index in [1.165, 1.54) is 0 Å². The molecule has 0 unspecified atom stereocenters. The first-order valence-electron chi connectivity index (χ1n) is 6.57. The molecule has 0 aliphatic carbocycles. The summed E-state index contributed by atoms with van der Waals surface area (Å²) in [6.45, 7) is 9.01. The molecule has 0 fully saturated rings. The van der Waals surface area contributed by atoms with Gasteiger partial charge >= 0.3 is 0 Å². The Morgan fingerprint density at radius 1 is 1.40 bits per heavy atom. The van der Waals surface area contributed by atoms with Gasteiger partial charge in [-0.25, -0.2) is 0 Å². The Labute approximate surface area is 127 Å². The third-order valence-corrected chi connectivity index (χ3v) is 2.88. The van der Waals surface area contributed by atoms with Crippen LogP contribution in [0, 0.1) is 5.41 Å². The number of amides is 1. The molecule has 0 spiro atoms. The van der Waals surface area contributed by atoms with Gasteiger partial charge in [-0.1, -0.05) is 32.9 Å². The summed E-state index contributed by atoms with van der Waals surface area (Å²) in [5.41, 5.74) is 7.45. The van der Waals surface area contributed by atoms with Crippen LogP contribution in [-0.4, -0.2) is 18.6 Å². The summed E-state index contributed by atoms with van der Waals surface area (Å²) in [5.74, 6) is -0.166. The van der Waals surface area contributed by atoms with E-state index >= 15 is 0 Å². The molecule has 0 saturated heterocycles. The van der Waals surface area contributed by atoms with Crippen molar-refractivity contribution < 1.29 is 9.53 Å². The Kier molecular flexibility index (Phi) is 7.79. The first-order valence-corrected chi connectivity index (χ1v) is 6.57. The average Bonchev–Trinajstić information content (AvgIpc) is 2.34. The van der Waals surface area contributed by atoms with Crippen molar-refractivity contribution in [3.8, 4) is 0 Å². The van der Waals surface area contributed by atoms with Crippen molar-refractivity contribution in [1.29, 1.82) is 0 Å². The molecule has 20 heavy (non-hydrogen) atoms. The molecule has 114 valence electrons. The minimum Gasteiger partial charge on any atom is -0.377 e. The number of nitrogens with two attached hydrogens (primary N) is 1. The molecule has 0 aliphatic heterocycles. The summed E-state index contributed by atoms with van der Waals surface area (Å²) in [6.07, 6.45) is 0. The van der Waals surface area contributed by atoms with Crippen LogP contribution in [0.5, 0.6) is 0 Å². The van der Waals surface area contributed by atoms with Gasteiger partial charge in [-0.2, -0.15) is 0 Å². The highest BCUT2D eigenvalue weighted by Gasteiger charge is 2.27. The number of carbonyl (C=O) groups is 1. The molecule has 1 atom stereocenters. The van der Waals surface area contributed by atoms with Gasteiger partial charge in [-0.3, -0.25) is 4.79 Å². The van der Waals surface area contributed by atoms with Crippen LogP contribution >= 0.6 is 12.4 Å². The number of nitrogens with one attached hydrogen (secondary N) is 1. The zero-order valence-electron chi connectivity index (χ0n) is 12.6. The number of benzene rings is 1. The average molecular weight is 301 g/mol. The van der Waals surface area contributed by atoms with E-state index in [2.05, 4.69) is 5.32 Å². The van der Waals surface area contributed by atoms with Crippen LogP contribution in [0.4, 0.5) is 5.69 Å². The number of hydrogen-bond acceptors (Lipinski definition) is 3. The van der Waals surface area contributed by atoms with Crippen molar-refractivity contribution in [2.75, 3.05) is 11.9 Å². The maximum Gasteiger partial charge on any atom is 0.241 e. The largest absolute Gasteiger partial charge is 0.377 e. The number of anilines is 1. The van der Waals surface area contributed by atoms with E-state index in [4.69, 9.17) is 10.5 Å². The fraction of sp³-hybridized carbons (Fsp3) is 0.533. The predicted octanol–water partition coefficient (Wildman–Crippen LogP) is 2.96. The number of carbonyl (C=O) groups excluding carboxylic acids is 1. The van der Waals surface area contributed by atoms with Crippen LogP contribution in [0.25, 0.3) is 0 Å². The minimum absolute atomic E-state index is 0. The van der Waals surface area contributed by atoms with Gasteiger partial charge < -0.3 is 15.8 Å². The third kappa shape index (κ3) is 5.90. The predicted molar refractivity (Wildman–Crippen MR) is 85.1 cm³/mol. The molecule has 0 aliphatic rings. The summed E-state index contributed by atoms with van der Waals surface area (Å²) in [6, 6.07) is 7.08. The molecule has 1 aromatic rings. The maximum absolute atomic E-state index is 12.0. The van der Waals surface area contributed by atoms with E-state index < -0.39 is 6.04 Å². The molecule has 1 amide bonds. The van der Waals surface area contributed by atoms with Gasteiger partial charge in [0.1, 0.15) is 0 Å². The standard InChI is InChI=1S/C15H24N2O2.ClH/c1-5-19-10-11-7-6-8-12(9-11)17-14(18)13(16)15(2,3)4;/h6-9,13H,5,10,16H2,1-4H3,(H,17,18);1H/t13-;/m1./s1. The van der Waals surface area contributed by atoms with Gasteiger partial charge in [0, 0.05) is 12.3 Å². The smallest absolute Gasteiger partial charge is 0.241 e. The molecule has 1 aromatic carbocycles. The molecule has 0 radical (unpaired) electrons. The van der Waals surface area contributed by atoms with Crippen molar-refractivity contribution in [2.24, 2.45) is 11.1 Å². The lowest BCUT2D eigenvalue weighted by atomic mass is 9.87. The first-order chi connectivity index (χ1) is 8.84. The molecule has 1 rings (SSSR count). The topological polar surface area (TPSA) is 64.3 Å². The van der Waals surface area contributed by atoms with Crippen molar-refractivity contribution in [3.05, 3.63) is 29.8 Å². The summed E-state index contributed by atoms with van der Waals surface area (Å²) < 4.78 is 5.34. The van der Waals surface area contributed by atoms with E-state index in [0.717, 1.165) is 11.3 Å². The van der Waals surface area contributed by atoms with Gasteiger partial charge in [-0.05, 0) is 30.0 Å². The Bertz CT molecular complexity index is 430. The van der Waals surface area contributed by atoms with Gasteiger partial charge in [0.15, 0.2) is 0 Å². The Balaban J connectivity index is 0.00000361. The van der Waals surface area contributed by atoms with Crippen LogP contribution in [0.1, 0.15) is 33.3 Å². The quantitative estimate of drug-likeness (QED) is 0.878. The molecule has 5 heteroatoms. The fourth-order valence-corrected chi connectivity index (χ4v) is 1.57. The summed E-state index contributed by atoms with van der Waals surface area (Å²) >= 11 is 0. The van der Waals surface area contributed by atoms with Crippen molar-refractivity contribution in [1.82, 2.24) is 0 Å². The first kappa shape index (κ1) is 18.9. The van der Waals surface area contributed by atoms with Crippen molar-refractivity contribution in [2.45, 2.75) is 40.3 Å². The molecular weight excluding hydrogens is 276 g/mol. The van der Waals surface area contributed by atoms with Gasteiger partial charge in [0.25, 0.3) is 0 Å². The highest BCUT2D eigenvalue weighted by Crippen LogP contribution is 2.19. The van der Waals surface area contributed by atoms with Gasteiger partial charge in [0.05, 0.1) is 12.6 Å². The molecule has 3 N–H and O–H groups in total. The monoisotopic (exact) mass is 300 g/mol. The normalized spacial score (nSPS) is 12.4. The number of halogens is 1. The van der Waals surface area contributed by atoms with Crippen LogP contribution in [0.15, 0.2) is 24.3 Å². The molecule has 4 nitrogen and oxygen atoms in total. The lowest BCUT2D eigenvalue weighted by Gasteiger charge is -2.25. The van der Waals surface area contributed by atoms with Crippen LogP contribution in [-0.2, 0) is 16.1 Å². The van der Waals surface area contributed by atoms with E-state index in [1.54, 1.807) is 0 Å². The number of hydrogen-bond donors (Lipinski definition) is 2. The zero-order chi connectivity index (χ0) is 14.5. The number of rotatable bonds is 5. The van der Waals surface area contributed by atoms with Gasteiger partial charge in [0.2, 0.25) is 5.91 Å².